The maximum absolute atomic E-state index is 5.65. The second-order valence-corrected chi connectivity index (χ2v) is 6.35. The first kappa shape index (κ1) is 13.7. The Labute approximate surface area is 110 Å². The van der Waals surface area contributed by atoms with Gasteiger partial charge in [0.15, 0.2) is 0 Å². The Balaban J connectivity index is 1.75. The van der Waals surface area contributed by atoms with E-state index in [1.165, 1.54) is 44.0 Å². The Hall–Kier alpha value is 0.230. The zero-order chi connectivity index (χ0) is 11.9. The van der Waals surface area contributed by atoms with Crippen LogP contribution in [0.2, 0.25) is 0 Å². The molecule has 0 saturated carbocycles. The molecule has 0 spiro atoms. The summed E-state index contributed by atoms with van der Waals surface area (Å²) in [5.41, 5.74) is 0. The third kappa shape index (κ3) is 4.43. The highest BCUT2D eigenvalue weighted by atomic mass is 32.2. The fourth-order valence-corrected chi connectivity index (χ4v) is 3.57. The minimum absolute atomic E-state index is 0.589. The van der Waals surface area contributed by atoms with E-state index >= 15 is 0 Å². The van der Waals surface area contributed by atoms with E-state index in [9.17, 15) is 0 Å². The fraction of sp³-hybridized carbons (Fsp3) is 1.00. The molecule has 2 saturated heterocycles. The van der Waals surface area contributed by atoms with Crippen molar-refractivity contribution in [2.75, 3.05) is 50.9 Å². The Kier molecular flexibility index (Phi) is 6.12. The summed E-state index contributed by atoms with van der Waals surface area (Å²) >= 11 is 2.10. The fourth-order valence-electron chi connectivity index (χ4n) is 2.65. The summed E-state index contributed by atoms with van der Waals surface area (Å²) in [5, 5.41) is 3.63. The van der Waals surface area contributed by atoms with Crippen LogP contribution in [-0.4, -0.2) is 61.8 Å². The Morgan fingerprint density at radius 2 is 2.24 bits per heavy atom. The molecular formula is C13H26N2OS. The topological polar surface area (TPSA) is 24.5 Å². The molecule has 0 radical (unpaired) electrons. The van der Waals surface area contributed by atoms with Gasteiger partial charge in [-0.15, -0.1) is 0 Å². The maximum atomic E-state index is 5.65. The molecule has 2 atom stereocenters. The molecule has 100 valence electrons. The number of nitrogens with zero attached hydrogens (tertiary/aromatic N) is 1. The van der Waals surface area contributed by atoms with Gasteiger partial charge in [-0.1, -0.05) is 6.92 Å². The van der Waals surface area contributed by atoms with Crippen LogP contribution in [-0.2, 0) is 4.74 Å². The molecular weight excluding hydrogens is 232 g/mol. The van der Waals surface area contributed by atoms with Gasteiger partial charge in [-0.05, 0) is 31.7 Å². The van der Waals surface area contributed by atoms with E-state index in [1.807, 2.05) is 0 Å². The highest BCUT2D eigenvalue weighted by molar-refractivity contribution is 7.99. The number of hydrogen-bond donors (Lipinski definition) is 1. The van der Waals surface area contributed by atoms with Gasteiger partial charge >= 0.3 is 0 Å². The second kappa shape index (κ2) is 7.62. The second-order valence-electron chi connectivity index (χ2n) is 5.12. The van der Waals surface area contributed by atoms with Crippen LogP contribution < -0.4 is 5.32 Å². The third-order valence-corrected chi connectivity index (χ3v) is 4.71. The van der Waals surface area contributed by atoms with Gasteiger partial charge in [0.05, 0.1) is 13.2 Å². The van der Waals surface area contributed by atoms with E-state index in [4.69, 9.17) is 4.74 Å². The molecule has 0 aromatic heterocycles. The van der Waals surface area contributed by atoms with Crippen molar-refractivity contribution in [1.29, 1.82) is 0 Å². The van der Waals surface area contributed by atoms with Crippen molar-refractivity contribution in [1.82, 2.24) is 10.2 Å². The number of hydrogen-bond acceptors (Lipinski definition) is 4. The number of thioether (sulfide) groups is 1. The minimum atomic E-state index is 0.589. The van der Waals surface area contributed by atoms with Crippen LogP contribution in [0, 0.1) is 5.92 Å². The lowest BCUT2D eigenvalue weighted by molar-refractivity contribution is 0.169. The summed E-state index contributed by atoms with van der Waals surface area (Å²) in [6, 6.07) is 0.589. The maximum Gasteiger partial charge on any atom is 0.0623 e. The normalized spacial score (nSPS) is 31.6. The average Bonchev–Trinajstić information content (AvgIpc) is 2.61. The molecule has 2 aliphatic rings. The Bertz CT molecular complexity index is 208. The molecule has 0 aliphatic carbocycles. The first-order chi connectivity index (χ1) is 8.40. The molecule has 1 N–H and O–H groups in total. The monoisotopic (exact) mass is 258 g/mol. The highest BCUT2D eigenvalue weighted by Gasteiger charge is 2.29. The summed E-state index contributed by atoms with van der Waals surface area (Å²) in [4.78, 5) is 2.64. The zero-order valence-corrected chi connectivity index (χ0v) is 11.8. The van der Waals surface area contributed by atoms with E-state index < -0.39 is 0 Å². The molecule has 2 aliphatic heterocycles. The van der Waals surface area contributed by atoms with Crippen molar-refractivity contribution in [2.45, 2.75) is 25.8 Å². The summed E-state index contributed by atoms with van der Waals surface area (Å²) in [7, 11) is 0. The van der Waals surface area contributed by atoms with Gasteiger partial charge in [-0.2, -0.15) is 11.8 Å². The standard InChI is InChI=1S/C13H26N2OS/c1-2-4-14-13-11-16-10-12(13)9-15-5-3-7-17-8-6-15/h12-14H,2-11H2,1H3. The predicted octanol–water partition coefficient (Wildman–Crippen LogP) is 1.44. The van der Waals surface area contributed by atoms with Crippen LogP contribution in [0.3, 0.4) is 0 Å². The molecule has 2 unspecified atom stereocenters. The van der Waals surface area contributed by atoms with Gasteiger partial charge in [0, 0.05) is 30.8 Å². The largest absolute Gasteiger partial charge is 0.379 e. The summed E-state index contributed by atoms with van der Waals surface area (Å²) < 4.78 is 5.65. The molecule has 2 rings (SSSR count). The molecule has 3 nitrogen and oxygen atoms in total. The number of nitrogens with one attached hydrogen (secondary N) is 1. The van der Waals surface area contributed by atoms with Gasteiger partial charge in [0.1, 0.15) is 0 Å². The minimum Gasteiger partial charge on any atom is -0.379 e. The van der Waals surface area contributed by atoms with Crippen LogP contribution >= 0.6 is 11.8 Å². The molecule has 2 heterocycles. The molecule has 2 fully saturated rings. The molecule has 0 bridgehead atoms. The van der Waals surface area contributed by atoms with Crippen LogP contribution in [0.1, 0.15) is 19.8 Å². The lowest BCUT2D eigenvalue weighted by Crippen LogP contribution is -2.42. The average molecular weight is 258 g/mol. The van der Waals surface area contributed by atoms with Crippen molar-refractivity contribution < 1.29 is 4.74 Å². The quantitative estimate of drug-likeness (QED) is 0.806. The molecule has 4 heteroatoms. The smallest absolute Gasteiger partial charge is 0.0623 e. The molecule has 0 aromatic carbocycles. The van der Waals surface area contributed by atoms with Crippen molar-refractivity contribution in [3.8, 4) is 0 Å². The van der Waals surface area contributed by atoms with Crippen LogP contribution in [0.25, 0.3) is 0 Å². The van der Waals surface area contributed by atoms with Crippen molar-refractivity contribution in [3.63, 3.8) is 0 Å². The van der Waals surface area contributed by atoms with E-state index in [0.29, 0.717) is 12.0 Å². The summed E-state index contributed by atoms with van der Waals surface area (Å²) in [6.07, 6.45) is 2.56. The highest BCUT2D eigenvalue weighted by Crippen LogP contribution is 2.18. The lowest BCUT2D eigenvalue weighted by atomic mass is 10.0. The Morgan fingerprint density at radius 1 is 1.29 bits per heavy atom. The molecule has 17 heavy (non-hydrogen) atoms. The van der Waals surface area contributed by atoms with E-state index in [-0.39, 0.29) is 0 Å². The lowest BCUT2D eigenvalue weighted by Gasteiger charge is -2.26. The van der Waals surface area contributed by atoms with Crippen molar-refractivity contribution in [2.24, 2.45) is 5.92 Å². The van der Waals surface area contributed by atoms with E-state index in [0.717, 1.165) is 19.8 Å². The van der Waals surface area contributed by atoms with Gasteiger partial charge in [-0.25, -0.2) is 0 Å². The summed E-state index contributed by atoms with van der Waals surface area (Å²) in [6.45, 7) is 8.98. The van der Waals surface area contributed by atoms with Crippen molar-refractivity contribution in [3.05, 3.63) is 0 Å². The first-order valence-electron chi connectivity index (χ1n) is 7.01. The number of ether oxygens (including phenoxy) is 1. The third-order valence-electron chi connectivity index (χ3n) is 3.66. The SMILES string of the molecule is CCCNC1COCC1CN1CCCSCC1. The Morgan fingerprint density at radius 3 is 3.12 bits per heavy atom. The van der Waals surface area contributed by atoms with E-state index in [1.54, 1.807) is 0 Å². The first-order valence-corrected chi connectivity index (χ1v) is 8.17. The van der Waals surface area contributed by atoms with Gasteiger partial charge < -0.3 is 15.0 Å². The summed E-state index contributed by atoms with van der Waals surface area (Å²) in [5.74, 6) is 3.35. The van der Waals surface area contributed by atoms with Gasteiger partial charge in [-0.3, -0.25) is 0 Å². The molecule has 0 aromatic rings. The molecule has 0 amide bonds. The van der Waals surface area contributed by atoms with E-state index in [2.05, 4.69) is 28.9 Å². The number of rotatable bonds is 5. The van der Waals surface area contributed by atoms with Crippen LogP contribution in [0.5, 0.6) is 0 Å². The zero-order valence-electron chi connectivity index (χ0n) is 11.0. The van der Waals surface area contributed by atoms with Gasteiger partial charge in [0.2, 0.25) is 0 Å². The predicted molar refractivity (Wildman–Crippen MR) is 74.8 cm³/mol. The van der Waals surface area contributed by atoms with Gasteiger partial charge in [0.25, 0.3) is 0 Å². The van der Waals surface area contributed by atoms with Crippen LogP contribution in [0.15, 0.2) is 0 Å². The van der Waals surface area contributed by atoms with Crippen LogP contribution in [0.4, 0.5) is 0 Å². The van der Waals surface area contributed by atoms with Crippen molar-refractivity contribution >= 4 is 11.8 Å².